The van der Waals surface area contributed by atoms with Crippen LogP contribution in [0.3, 0.4) is 0 Å². The number of Topliss-reactive ketones (excluding diaryl/α,β-unsaturated/α-hetero) is 1. The molecule has 1 saturated heterocycles. The van der Waals surface area contributed by atoms with E-state index in [9.17, 15) is 13.2 Å². The first-order chi connectivity index (χ1) is 11.9. The average molecular weight is 366 g/mol. The van der Waals surface area contributed by atoms with Crippen molar-refractivity contribution in [2.75, 3.05) is 6.54 Å². The number of unbranched alkanes of at least 4 members (excludes halogenated alkanes) is 5. The van der Waals surface area contributed by atoms with Gasteiger partial charge in [-0.25, -0.2) is 8.42 Å². The summed E-state index contributed by atoms with van der Waals surface area (Å²) >= 11 is 0. The van der Waals surface area contributed by atoms with E-state index < -0.39 is 10.0 Å². The Morgan fingerprint density at radius 2 is 1.68 bits per heavy atom. The first kappa shape index (κ1) is 20.1. The molecule has 1 aliphatic rings. The van der Waals surface area contributed by atoms with Gasteiger partial charge >= 0.3 is 0 Å². The average Bonchev–Trinajstić information content (AvgIpc) is 2.58. The van der Waals surface area contributed by atoms with Gasteiger partial charge in [-0.1, -0.05) is 63.1 Å². The maximum Gasteiger partial charge on any atom is 0.243 e. The van der Waals surface area contributed by atoms with Gasteiger partial charge in [0, 0.05) is 25.4 Å². The molecule has 2 rings (SSSR count). The minimum atomic E-state index is -3.52. The number of aryl methyl sites for hydroxylation is 1. The van der Waals surface area contributed by atoms with Crippen molar-refractivity contribution in [3.63, 3.8) is 0 Å². The molecule has 4 nitrogen and oxygen atoms in total. The van der Waals surface area contributed by atoms with Crippen molar-refractivity contribution in [2.24, 2.45) is 0 Å². The quantitative estimate of drug-likeness (QED) is 0.607. The normalized spacial score (nSPS) is 19.3. The lowest BCUT2D eigenvalue weighted by Crippen LogP contribution is -2.46. The van der Waals surface area contributed by atoms with Gasteiger partial charge in [-0.15, -0.1) is 0 Å². The van der Waals surface area contributed by atoms with Gasteiger partial charge in [0.25, 0.3) is 0 Å². The molecule has 0 bridgehead atoms. The number of rotatable bonds is 9. The minimum absolute atomic E-state index is 0.182. The lowest BCUT2D eigenvalue weighted by Gasteiger charge is -2.34. The first-order valence-electron chi connectivity index (χ1n) is 9.55. The fraction of sp³-hybridized carbons (Fsp3) is 0.650. The second-order valence-electron chi connectivity index (χ2n) is 7.13. The van der Waals surface area contributed by atoms with E-state index in [2.05, 4.69) is 6.92 Å². The van der Waals surface area contributed by atoms with Crippen molar-refractivity contribution < 1.29 is 13.2 Å². The number of nitrogens with zero attached hydrogens (tertiary/aromatic N) is 1. The van der Waals surface area contributed by atoms with E-state index in [1.165, 1.54) is 25.7 Å². The van der Waals surface area contributed by atoms with Crippen molar-refractivity contribution in [2.45, 2.75) is 82.6 Å². The van der Waals surface area contributed by atoms with Crippen LogP contribution in [0.15, 0.2) is 29.2 Å². The monoisotopic (exact) mass is 365 g/mol. The van der Waals surface area contributed by atoms with Crippen LogP contribution < -0.4 is 0 Å². The molecule has 0 amide bonds. The van der Waals surface area contributed by atoms with Crippen LogP contribution in [-0.2, 0) is 14.8 Å². The molecule has 1 fully saturated rings. The zero-order chi connectivity index (χ0) is 18.3. The molecular formula is C20H31NO3S. The fourth-order valence-electron chi connectivity index (χ4n) is 3.45. The number of hydrogen-bond acceptors (Lipinski definition) is 3. The lowest BCUT2D eigenvalue weighted by atomic mass is 9.97. The third-order valence-corrected chi connectivity index (χ3v) is 6.97. The smallest absolute Gasteiger partial charge is 0.243 e. The van der Waals surface area contributed by atoms with Crippen LogP contribution >= 0.6 is 0 Å². The minimum Gasteiger partial charge on any atom is -0.300 e. The van der Waals surface area contributed by atoms with E-state index in [0.29, 0.717) is 24.3 Å². The molecule has 1 aromatic carbocycles. The van der Waals surface area contributed by atoms with E-state index >= 15 is 0 Å². The Morgan fingerprint density at radius 1 is 1.04 bits per heavy atom. The summed E-state index contributed by atoms with van der Waals surface area (Å²) < 4.78 is 27.6. The molecule has 0 aromatic heterocycles. The molecule has 0 N–H and O–H groups in total. The second kappa shape index (κ2) is 9.48. The Balaban J connectivity index is 2.02. The molecule has 1 aromatic rings. The summed E-state index contributed by atoms with van der Waals surface area (Å²) in [4.78, 5) is 12.2. The molecule has 5 heteroatoms. The third kappa shape index (κ3) is 5.65. The Bertz CT molecular complexity index is 652. The van der Waals surface area contributed by atoms with Crippen molar-refractivity contribution in [3.8, 4) is 0 Å². The number of carbonyl (C=O) groups excluding carboxylic acids is 1. The topological polar surface area (TPSA) is 54.5 Å². The summed E-state index contributed by atoms with van der Waals surface area (Å²) in [6, 6.07) is 6.81. The maximum atomic E-state index is 13.0. The van der Waals surface area contributed by atoms with Crippen molar-refractivity contribution >= 4 is 15.8 Å². The molecule has 25 heavy (non-hydrogen) atoms. The number of benzene rings is 1. The molecule has 0 aliphatic carbocycles. The van der Waals surface area contributed by atoms with Gasteiger partial charge in [0.1, 0.15) is 5.78 Å². The number of ketones is 1. The summed E-state index contributed by atoms with van der Waals surface area (Å²) in [6.07, 6.45) is 8.49. The van der Waals surface area contributed by atoms with E-state index in [0.717, 1.165) is 24.8 Å². The number of carbonyl (C=O) groups is 1. The Hall–Kier alpha value is -1.20. The molecule has 1 atom stereocenters. The molecule has 0 spiro atoms. The Labute approximate surface area is 152 Å². The Kier molecular flexibility index (Phi) is 7.63. The van der Waals surface area contributed by atoms with Gasteiger partial charge in [0.15, 0.2) is 0 Å². The van der Waals surface area contributed by atoms with Crippen LogP contribution in [0.1, 0.15) is 70.3 Å². The molecule has 1 aliphatic heterocycles. The predicted octanol–water partition coefficient (Wildman–Crippen LogP) is 4.47. The van der Waals surface area contributed by atoms with Gasteiger partial charge in [-0.3, -0.25) is 4.79 Å². The molecular weight excluding hydrogens is 334 g/mol. The van der Waals surface area contributed by atoms with Gasteiger partial charge in [-0.2, -0.15) is 4.31 Å². The molecule has 0 radical (unpaired) electrons. The highest BCUT2D eigenvalue weighted by molar-refractivity contribution is 7.89. The highest BCUT2D eigenvalue weighted by Crippen LogP contribution is 2.27. The summed E-state index contributed by atoms with van der Waals surface area (Å²) in [6.45, 7) is 4.45. The second-order valence-corrected chi connectivity index (χ2v) is 9.02. The zero-order valence-electron chi connectivity index (χ0n) is 15.5. The molecule has 1 unspecified atom stereocenters. The number of sulfonamides is 1. The van der Waals surface area contributed by atoms with Crippen LogP contribution in [0.2, 0.25) is 0 Å². The lowest BCUT2D eigenvalue weighted by molar-refractivity contribution is -0.121. The van der Waals surface area contributed by atoms with Gasteiger partial charge in [-0.05, 0) is 25.5 Å². The third-order valence-electron chi connectivity index (χ3n) is 5.00. The summed E-state index contributed by atoms with van der Waals surface area (Å²) in [7, 11) is -3.52. The molecule has 1 heterocycles. The summed E-state index contributed by atoms with van der Waals surface area (Å²) in [5, 5.41) is 0. The maximum absolute atomic E-state index is 13.0. The van der Waals surface area contributed by atoms with Gasteiger partial charge in [0.05, 0.1) is 4.90 Å². The highest BCUT2D eigenvalue weighted by atomic mass is 32.2. The highest BCUT2D eigenvalue weighted by Gasteiger charge is 2.35. The van der Waals surface area contributed by atoms with Gasteiger partial charge in [0.2, 0.25) is 10.0 Å². The largest absolute Gasteiger partial charge is 0.300 e. The SMILES string of the molecule is CCCCCCCCC1CC(=O)CCN1S(=O)(=O)c1ccc(C)cc1. The van der Waals surface area contributed by atoms with Crippen LogP contribution in [0.4, 0.5) is 0 Å². The van der Waals surface area contributed by atoms with Crippen LogP contribution in [0.25, 0.3) is 0 Å². The summed E-state index contributed by atoms with van der Waals surface area (Å²) in [5.41, 5.74) is 1.04. The zero-order valence-corrected chi connectivity index (χ0v) is 16.4. The van der Waals surface area contributed by atoms with E-state index in [4.69, 9.17) is 0 Å². The molecule has 140 valence electrons. The summed E-state index contributed by atoms with van der Waals surface area (Å²) in [5.74, 6) is 0.186. The number of hydrogen-bond donors (Lipinski definition) is 0. The first-order valence-corrected chi connectivity index (χ1v) is 11.0. The Morgan fingerprint density at radius 3 is 2.36 bits per heavy atom. The van der Waals surface area contributed by atoms with Crippen LogP contribution in [-0.4, -0.2) is 31.1 Å². The van der Waals surface area contributed by atoms with Gasteiger partial charge < -0.3 is 0 Å². The standard InChI is InChI=1S/C20H31NO3S/c1-3-4-5-6-7-8-9-18-16-19(22)14-15-21(18)25(23,24)20-12-10-17(2)11-13-20/h10-13,18H,3-9,14-16H2,1-2H3. The van der Waals surface area contributed by atoms with Crippen molar-refractivity contribution in [1.82, 2.24) is 4.31 Å². The van der Waals surface area contributed by atoms with Crippen LogP contribution in [0, 0.1) is 6.92 Å². The van der Waals surface area contributed by atoms with Crippen molar-refractivity contribution in [1.29, 1.82) is 0 Å². The predicted molar refractivity (Wildman–Crippen MR) is 101 cm³/mol. The van der Waals surface area contributed by atoms with E-state index in [1.54, 1.807) is 16.4 Å². The fourth-order valence-corrected chi connectivity index (χ4v) is 5.11. The number of piperidine rings is 1. The molecule has 0 saturated carbocycles. The van der Waals surface area contributed by atoms with E-state index in [1.807, 2.05) is 19.1 Å². The van der Waals surface area contributed by atoms with E-state index in [-0.39, 0.29) is 11.8 Å². The van der Waals surface area contributed by atoms with Crippen molar-refractivity contribution in [3.05, 3.63) is 29.8 Å². The van der Waals surface area contributed by atoms with Crippen LogP contribution in [0.5, 0.6) is 0 Å².